The molecule has 344 valence electrons. The second-order valence-electron chi connectivity index (χ2n) is 20.0. The van der Waals surface area contributed by atoms with Crippen LogP contribution in [0.3, 0.4) is 0 Å². The fraction of sp³-hybridized carbons (Fsp3) is 0.930. The number of aliphatic hydroxyl groups excluding tert-OH is 1. The first-order valence-corrected chi connectivity index (χ1v) is 21.1. The average Bonchev–Trinajstić information content (AvgIpc) is 3.06. The Morgan fingerprint density at radius 2 is 0.550 bits per heavy atom. The Kier molecular flexibility index (Phi) is 25.4. The van der Waals surface area contributed by atoms with Gasteiger partial charge in [0.1, 0.15) is 0 Å². The maximum Gasteiger partial charge on any atom is 0.235 e. The van der Waals surface area contributed by atoms with Gasteiger partial charge in [-0.3, -0.25) is 14.4 Å². The summed E-state index contributed by atoms with van der Waals surface area (Å²) in [5.41, 5.74) is -5.12. The molecule has 6 radical (unpaired) electrons. The molecule has 0 saturated heterocycles. The zero-order chi connectivity index (χ0) is 46.5. The molecule has 0 aliphatic carbocycles. The molecule has 0 rings (SSSR count). The van der Waals surface area contributed by atoms with Crippen molar-refractivity contribution < 1.29 is 66.9 Å². The van der Waals surface area contributed by atoms with E-state index in [9.17, 15) is 19.5 Å². The van der Waals surface area contributed by atoms with Crippen LogP contribution in [-0.4, -0.2) is 158 Å². The van der Waals surface area contributed by atoms with Crippen LogP contribution < -0.4 is 0 Å². The summed E-state index contributed by atoms with van der Waals surface area (Å²) < 4.78 is 60.1. The van der Waals surface area contributed by atoms with E-state index in [1.165, 1.54) is 0 Å². The van der Waals surface area contributed by atoms with Gasteiger partial charge in [-0.05, 0) is 123 Å². The summed E-state index contributed by atoms with van der Waals surface area (Å²) in [7, 11) is 15.4. The van der Waals surface area contributed by atoms with Gasteiger partial charge in [-0.2, -0.15) is 0 Å². The summed E-state index contributed by atoms with van der Waals surface area (Å²) in [5, 5.41) is 9.82. The van der Waals surface area contributed by atoms with Crippen LogP contribution >= 0.6 is 0 Å². The molecule has 0 bridgehead atoms. The number of aliphatic hydroxyl groups is 1. The van der Waals surface area contributed by atoms with E-state index in [-0.39, 0.29) is 52.9 Å². The Hall–Kier alpha value is -1.72. The monoisotopic (exact) mass is 853 g/mol. The number of carbonyl (C=O) groups excluding carboxylic acids is 3. The van der Waals surface area contributed by atoms with E-state index in [1.807, 2.05) is 96.9 Å². The summed E-state index contributed by atoms with van der Waals surface area (Å²) in [6.45, 7) is 29.7. The third-order valence-electron chi connectivity index (χ3n) is 10.2. The topological polar surface area (TPSA) is 164 Å². The predicted molar refractivity (Wildman–Crippen MR) is 233 cm³/mol. The summed E-state index contributed by atoms with van der Waals surface area (Å²) in [6, 6.07) is 0. The summed E-state index contributed by atoms with van der Waals surface area (Å²) in [5.74, 6) is -2.47. The van der Waals surface area contributed by atoms with Crippen LogP contribution in [0.5, 0.6) is 0 Å². The molecule has 0 aromatic carbocycles. The lowest BCUT2D eigenvalue weighted by Crippen LogP contribution is -2.49. The van der Waals surface area contributed by atoms with Crippen molar-refractivity contribution in [1.29, 1.82) is 0 Å². The minimum Gasteiger partial charge on any atom is -0.475 e. The zero-order valence-electron chi connectivity index (χ0n) is 39.7. The highest BCUT2D eigenvalue weighted by Crippen LogP contribution is 2.33. The normalized spacial score (nSPS) is 13.7. The van der Waals surface area contributed by atoms with Crippen molar-refractivity contribution >= 4 is 41.1 Å². The highest BCUT2D eigenvalue weighted by molar-refractivity contribution is 6.55. The molecule has 0 aromatic rings. The Balaban J connectivity index is 6.30. The first-order valence-electron chi connectivity index (χ1n) is 21.1. The average molecular weight is 853 g/mol. The molecular formula is C43H79B3O14. The largest absolute Gasteiger partial charge is 0.475 e. The van der Waals surface area contributed by atoms with Crippen molar-refractivity contribution in [3.8, 4) is 0 Å². The molecule has 0 aliphatic heterocycles. The zero-order valence-corrected chi connectivity index (χ0v) is 39.7. The van der Waals surface area contributed by atoms with Crippen LogP contribution in [0.1, 0.15) is 142 Å². The molecular weight excluding hydrogens is 773 g/mol. The van der Waals surface area contributed by atoms with E-state index >= 15 is 0 Å². The van der Waals surface area contributed by atoms with Crippen molar-refractivity contribution in [2.75, 3.05) is 72.7 Å². The van der Waals surface area contributed by atoms with Gasteiger partial charge in [0, 0.05) is 25.9 Å². The second kappa shape index (κ2) is 26.2. The standard InChI is InChI=1S/C43H79B3O14/c1-36(2,15-22-47)57-29-43(30-58-40(9,10)19-26-54-37(3,4)16-23-51-33(44)48,31-59-41(11,12)20-27-55-38(5,6)17-24-52-34(45)49)32-60-42(13,14)21-28-56-39(7,8)18-25-53-35(46)50/h47H,15-32H2,1-14H3. The number of hydrogen-bond donors (Lipinski definition) is 1. The van der Waals surface area contributed by atoms with E-state index in [4.69, 9.17) is 70.9 Å². The van der Waals surface area contributed by atoms with E-state index in [2.05, 4.69) is 0 Å². The van der Waals surface area contributed by atoms with Gasteiger partial charge >= 0.3 is 0 Å². The number of hydrogen-bond acceptors (Lipinski definition) is 14. The van der Waals surface area contributed by atoms with E-state index in [0.29, 0.717) is 64.8 Å². The first-order chi connectivity index (χ1) is 27.3. The Labute approximate surface area is 366 Å². The van der Waals surface area contributed by atoms with Crippen molar-refractivity contribution in [1.82, 2.24) is 0 Å². The summed E-state index contributed by atoms with van der Waals surface area (Å²) in [4.78, 5) is 33.1. The molecule has 0 saturated carbocycles. The van der Waals surface area contributed by atoms with Crippen molar-refractivity contribution in [2.45, 2.75) is 181 Å². The third kappa shape index (κ3) is 30.4. The molecule has 17 heteroatoms. The molecule has 0 aromatic heterocycles. The van der Waals surface area contributed by atoms with Crippen molar-refractivity contribution in [2.24, 2.45) is 5.41 Å². The van der Waals surface area contributed by atoms with E-state index in [1.54, 1.807) is 0 Å². The van der Waals surface area contributed by atoms with Gasteiger partial charge in [0.25, 0.3) is 0 Å². The molecule has 0 unspecified atom stereocenters. The van der Waals surface area contributed by atoms with Crippen LogP contribution in [0.4, 0.5) is 14.4 Å². The minimum atomic E-state index is -0.830. The Morgan fingerprint density at radius 3 is 0.767 bits per heavy atom. The SMILES string of the molecule is [B]C(=O)OCCC(C)(C)OCCC(C)(C)OCC(COC(C)(C)CCO)(COC(C)(C)CCOC(C)(C)CCOC([B])=O)COC(C)(C)CCOC(C)(C)CCOC([B])=O. The van der Waals surface area contributed by atoms with Gasteiger partial charge in [0.15, 0.2) is 0 Å². The van der Waals surface area contributed by atoms with E-state index in [0.717, 1.165) is 0 Å². The lowest BCUT2D eigenvalue weighted by Gasteiger charge is -2.42. The maximum atomic E-state index is 11.0. The second-order valence-corrected chi connectivity index (χ2v) is 20.0. The minimum absolute atomic E-state index is 0.0440. The fourth-order valence-electron chi connectivity index (χ4n) is 5.33. The Bertz CT molecular complexity index is 1120. The molecule has 0 heterocycles. The molecule has 14 nitrogen and oxygen atoms in total. The van der Waals surface area contributed by atoms with Crippen LogP contribution in [0.15, 0.2) is 0 Å². The first kappa shape index (κ1) is 58.3. The fourth-order valence-corrected chi connectivity index (χ4v) is 5.33. The molecule has 0 aliphatic rings. The van der Waals surface area contributed by atoms with E-state index < -0.39 is 62.2 Å². The van der Waals surface area contributed by atoms with Gasteiger partial charge in [-0.25, -0.2) is 0 Å². The smallest absolute Gasteiger partial charge is 0.235 e. The maximum absolute atomic E-state index is 11.0. The number of rotatable bonds is 35. The highest BCUT2D eigenvalue weighted by Gasteiger charge is 2.40. The molecule has 0 spiro atoms. The molecule has 0 fully saturated rings. The van der Waals surface area contributed by atoms with Gasteiger partial charge in [0.2, 0.25) is 41.1 Å². The van der Waals surface area contributed by atoms with Crippen molar-refractivity contribution in [3.63, 3.8) is 0 Å². The van der Waals surface area contributed by atoms with Crippen LogP contribution in [0.2, 0.25) is 0 Å². The third-order valence-corrected chi connectivity index (χ3v) is 10.2. The van der Waals surface area contributed by atoms with Gasteiger partial charge in [0.05, 0.1) is 111 Å². The van der Waals surface area contributed by atoms with Gasteiger partial charge in [-0.15, -0.1) is 0 Å². The molecule has 1 N–H and O–H groups in total. The summed E-state index contributed by atoms with van der Waals surface area (Å²) in [6.07, 6.45) is 3.48. The quantitative estimate of drug-likeness (QED) is 0.0504. The lowest BCUT2D eigenvalue weighted by atomic mass is 9.89. The predicted octanol–water partition coefficient (Wildman–Crippen LogP) is 7.18. The summed E-state index contributed by atoms with van der Waals surface area (Å²) >= 11 is 0. The van der Waals surface area contributed by atoms with Gasteiger partial charge < -0.3 is 52.5 Å². The molecule has 60 heavy (non-hydrogen) atoms. The molecule has 0 atom stereocenters. The van der Waals surface area contributed by atoms with Gasteiger partial charge in [-0.1, -0.05) is 0 Å². The van der Waals surface area contributed by atoms with Crippen LogP contribution in [0.25, 0.3) is 0 Å². The highest BCUT2D eigenvalue weighted by atomic mass is 16.6. The Morgan fingerprint density at radius 1 is 0.350 bits per heavy atom. The lowest BCUT2D eigenvalue weighted by molar-refractivity contribution is -0.196. The number of ether oxygens (including phenoxy) is 10. The molecule has 0 amide bonds. The van der Waals surface area contributed by atoms with Crippen LogP contribution in [0, 0.1) is 5.41 Å². The van der Waals surface area contributed by atoms with Crippen LogP contribution in [-0.2, 0) is 47.4 Å². The van der Waals surface area contributed by atoms with Crippen molar-refractivity contribution in [3.05, 3.63) is 0 Å². The number of carbonyl (C=O) groups is 3.